The molecular weight excluding hydrogens is 371 g/mol. The molecule has 1 heterocycles. The highest BCUT2D eigenvalue weighted by Crippen LogP contribution is 2.26. The van der Waals surface area contributed by atoms with E-state index in [-0.39, 0.29) is 5.69 Å². The highest BCUT2D eigenvalue weighted by Gasteiger charge is 2.13. The Morgan fingerprint density at radius 1 is 1.14 bits per heavy atom. The number of nitroso groups, excluding NO2 is 1. The van der Waals surface area contributed by atoms with Gasteiger partial charge in [-0.25, -0.2) is 9.18 Å². The predicted molar refractivity (Wildman–Crippen MR) is 115 cm³/mol. The molecule has 1 aliphatic heterocycles. The molecule has 0 saturated heterocycles. The number of hydrogen-bond donors (Lipinski definition) is 0. The van der Waals surface area contributed by atoms with E-state index in [9.17, 15) is 14.1 Å². The molecule has 1 saturated carbocycles. The standard InChI is InChI=1S/C17H13FN2O3.C4H8.C2H6/c1-23-17(21)12-3-2-11-6-7-20(10-13(11)8-12)16-5-4-14(19-22)9-15(16)18;1-4-2-3-4;1-2/h2-6,8-10H,7H2,1H3;4H,2-3H2,1H3;1-2H3. The van der Waals surface area contributed by atoms with Gasteiger partial charge < -0.3 is 9.64 Å². The van der Waals surface area contributed by atoms with Gasteiger partial charge in [0.05, 0.1) is 18.4 Å². The van der Waals surface area contributed by atoms with E-state index < -0.39 is 11.8 Å². The van der Waals surface area contributed by atoms with Gasteiger partial charge in [-0.2, -0.15) is 0 Å². The minimum absolute atomic E-state index is 0.0422. The zero-order valence-corrected chi connectivity index (χ0v) is 17.3. The Kier molecular flexibility index (Phi) is 8.07. The van der Waals surface area contributed by atoms with Crippen LogP contribution in [-0.2, 0) is 4.74 Å². The largest absolute Gasteiger partial charge is 0.465 e. The van der Waals surface area contributed by atoms with E-state index >= 15 is 0 Å². The second kappa shape index (κ2) is 10.5. The van der Waals surface area contributed by atoms with E-state index in [0.717, 1.165) is 22.4 Å². The van der Waals surface area contributed by atoms with Gasteiger partial charge in [0, 0.05) is 18.8 Å². The summed E-state index contributed by atoms with van der Waals surface area (Å²) in [5.41, 5.74) is 0.808. The van der Waals surface area contributed by atoms with E-state index in [4.69, 9.17) is 4.74 Å². The molecule has 6 heteroatoms. The van der Waals surface area contributed by atoms with E-state index in [2.05, 4.69) is 12.1 Å². The van der Waals surface area contributed by atoms with Crippen LogP contribution >= 0.6 is 0 Å². The second-order valence-electron chi connectivity index (χ2n) is 6.73. The van der Waals surface area contributed by atoms with Gasteiger partial charge >= 0.3 is 5.97 Å². The fourth-order valence-electron chi connectivity index (χ4n) is 2.65. The Balaban J connectivity index is 0.000000436. The lowest BCUT2D eigenvalue weighted by atomic mass is 10.1. The summed E-state index contributed by atoms with van der Waals surface area (Å²) >= 11 is 0. The molecule has 0 amide bonds. The van der Waals surface area contributed by atoms with Crippen molar-refractivity contribution in [2.45, 2.75) is 33.6 Å². The van der Waals surface area contributed by atoms with Crippen LogP contribution < -0.4 is 15.3 Å². The molecule has 154 valence electrons. The molecule has 1 aliphatic carbocycles. The summed E-state index contributed by atoms with van der Waals surface area (Å²) in [5, 5.41) is 4.46. The van der Waals surface area contributed by atoms with Crippen LogP contribution in [0.4, 0.5) is 15.8 Å². The molecule has 1 fully saturated rings. The quantitative estimate of drug-likeness (QED) is 0.565. The summed E-state index contributed by atoms with van der Waals surface area (Å²) in [7, 11) is 1.32. The maximum atomic E-state index is 14.1. The van der Waals surface area contributed by atoms with E-state index in [1.807, 2.05) is 26.0 Å². The van der Waals surface area contributed by atoms with Crippen LogP contribution in [0.3, 0.4) is 0 Å². The number of methoxy groups -OCH3 is 1. The Morgan fingerprint density at radius 3 is 2.38 bits per heavy atom. The average molecular weight is 398 g/mol. The first-order valence-corrected chi connectivity index (χ1v) is 9.82. The van der Waals surface area contributed by atoms with Crippen LogP contribution in [0.2, 0.25) is 0 Å². The number of hydrogen-bond acceptors (Lipinski definition) is 5. The summed E-state index contributed by atoms with van der Waals surface area (Å²) in [5.74, 6) is 0.130. The molecular formula is C23H27FN2O3. The zero-order chi connectivity index (χ0) is 21.4. The van der Waals surface area contributed by atoms with Crippen LogP contribution in [0, 0.1) is 16.6 Å². The molecule has 0 unspecified atom stereocenters. The second-order valence-corrected chi connectivity index (χ2v) is 6.73. The van der Waals surface area contributed by atoms with Gasteiger partial charge in [-0.05, 0) is 45.8 Å². The Bertz CT molecular complexity index is 984. The van der Waals surface area contributed by atoms with Gasteiger partial charge in [0.15, 0.2) is 0 Å². The van der Waals surface area contributed by atoms with E-state index in [1.165, 1.54) is 32.1 Å². The smallest absolute Gasteiger partial charge is 0.337 e. The number of anilines is 1. The molecule has 0 N–H and O–H groups in total. The van der Waals surface area contributed by atoms with Gasteiger partial charge in [-0.1, -0.05) is 45.8 Å². The number of halogens is 1. The fraction of sp³-hybridized carbons (Fsp3) is 0.348. The number of carbonyl (C=O) groups excluding carboxylic acids is 1. The lowest BCUT2D eigenvalue weighted by Gasteiger charge is -2.22. The third-order valence-electron chi connectivity index (χ3n) is 4.52. The highest BCUT2D eigenvalue weighted by molar-refractivity contribution is 5.89. The van der Waals surface area contributed by atoms with Crippen molar-refractivity contribution in [1.29, 1.82) is 0 Å². The van der Waals surface area contributed by atoms with Crippen LogP contribution in [0.25, 0.3) is 12.3 Å². The summed E-state index contributed by atoms with van der Waals surface area (Å²) in [6.07, 6.45) is 6.66. The molecule has 0 bridgehead atoms. The van der Waals surface area contributed by atoms with Crippen molar-refractivity contribution >= 4 is 29.6 Å². The number of fused-ring (bicyclic) bond motifs is 1. The molecule has 0 radical (unpaired) electrons. The molecule has 0 atom stereocenters. The Morgan fingerprint density at radius 2 is 1.83 bits per heavy atom. The third-order valence-corrected chi connectivity index (χ3v) is 4.52. The monoisotopic (exact) mass is 398 g/mol. The third kappa shape index (κ3) is 5.98. The molecule has 5 nitrogen and oxygen atoms in total. The normalized spacial score (nSPS) is 13.9. The van der Waals surface area contributed by atoms with Gasteiger partial charge in [0.1, 0.15) is 11.5 Å². The van der Waals surface area contributed by atoms with Gasteiger partial charge in [0.25, 0.3) is 0 Å². The number of ether oxygens (including phenoxy) is 1. The molecule has 2 aromatic rings. The lowest BCUT2D eigenvalue weighted by molar-refractivity contribution is 0.0600. The molecule has 0 aromatic heterocycles. The number of carbonyl (C=O) groups is 1. The lowest BCUT2D eigenvalue weighted by Crippen LogP contribution is -2.36. The minimum atomic E-state index is -0.528. The van der Waals surface area contributed by atoms with Crippen molar-refractivity contribution in [1.82, 2.24) is 0 Å². The number of nitrogens with zero attached hydrogens (tertiary/aromatic N) is 2. The molecule has 0 spiro atoms. The zero-order valence-electron chi connectivity index (χ0n) is 17.3. The Hall–Kier alpha value is -3.02. The molecule has 2 aromatic carbocycles. The molecule has 4 rings (SSSR count). The maximum absolute atomic E-state index is 14.1. The topological polar surface area (TPSA) is 59.0 Å². The van der Waals surface area contributed by atoms with Crippen molar-refractivity contribution in [2.24, 2.45) is 11.1 Å². The van der Waals surface area contributed by atoms with Crippen molar-refractivity contribution in [3.63, 3.8) is 0 Å². The van der Waals surface area contributed by atoms with Gasteiger partial charge in [0.2, 0.25) is 0 Å². The SMILES string of the molecule is CC.CC1CC1.COC(=O)c1ccc2c(c1)=CN(c1ccc(N=O)cc1F)CC=2. The van der Waals surface area contributed by atoms with Crippen LogP contribution in [0.15, 0.2) is 41.6 Å². The van der Waals surface area contributed by atoms with Crippen molar-refractivity contribution in [3.8, 4) is 0 Å². The summed E-state index contributed by atoms with van der Waals surface area (Å²) in [6, 6.07) is 9.27. The summed E-state index contributed by atoms with van der Waals surface area (Å²) in [4.78, 5) is 23.8. The van der Waals surface area contributed by atoms with E-state index in [1.54, 1.807) is 23.2 Å². The first-order chi connectivity index (χ1) is 14.0. The molecule has 2 aliphatic rings. The van der Waals surface area contributed by atoms with E-state index in [0.29, 0.717) is 17.8 Å². The number of esters is 1. The minimum Gasteiger partial charge on any atom is -0.465 e. The van der Waals surface area contributed by atoms with Gasteiger partial charge in [-0.3, -0.25) is 0 Å². The maximum Gasteiger partial charge on any atom is 0.337 e. The van der Waals surface area contributed by atoms with Crippen LogP contribution in [0.1, 0.15) is 44.0 Å². The first-order valence-electron chi connectivity index (χ1n) is 9.82. The highest BCUT2D eigenvalue weighted by atomic mass is 19.1. The average Bonchev–Trinajstić information content (AvgIpc) is 3.56. The Labute approximate surface area is 170 Å². The predicted octanol–water partition coefficient (Wildman–Crippen LogP) is 4.49. The fourth-order valence-corrected chi connectivity index (χ4v) is 2.65. The van der Waals surface area contributed by atoms with Crippen molar-refractivity contribution < 1.29 is 13.9 Å². The number of rotatable bonds is 3. The van der Waals surface area contributed by atoms with Crippen molar-refractivity contribution in [3.05, 3.63) is 63.1 Å². The molecule has 29 heavy (non-hydrogen) atoms. The summed E-state index contributed by atoms with van der Waals surface area (Å²) in [6.45, 7) is 6.76. The number of benzene rings is 2. The van der Waals surface area contributed by atoms with Crippen LogP contribution in [0.5, 0.6) is 0 Å². The van der Waals surface area contributed by atoms with Crippen molar-refractivity contribution in [2.75, 3.05) is 18.6 Å². The summed E-state index contributed by atoms with van der Waals surface area (Å²) < 4.78 is 18.8. The van der Waals surface area contributed by atoms with Crippen LogP contribution in [-0.4, -0.2) is 19.6 Å². The van der Waals surface area contributed by atoms with Gasteiger partial charge in [-0.15, -0.1) is 4.91 Å². The first kappa shape index (κ1) is 22.3.